The Kier molecular flexibility index (Phi) is 4.16. The molecule has 4 heteroatoms. The number of nitrogens with one attached hydrogen (secondary N) is 1. The van der Waals surface area contributed by atoms with Gasteiger partial charge in [0, 0.05) is 0 Å². The quantitative estimate of drug-likeness (QED) is 0.431. The number of amides is 1. The molecule has 0 heterocycles. The van der Waals surface area contributed by atoms with Crippen LogP contribution in [0.2, 0.25) is 0 Å². The van der Waals surface area contributed by atoms with Crippen molar-refractivity contribution in [1.82, 2.24) is 4.72 Å². The molecular formula is C4H7NO2S. The average Bonchev–Trinajstić information content (AvgIpc) is 1.83. The molecule has 3 nitrogen and oxygen atoms in total. The second kappa shape index (κ2) is 4.52. The molecule has 46 valence electrons. The molecule has 0 bridgehead atoms. The fraction of sp³-hybridized carbons (Fsp3) is 0.250. The lowest BCUT2D eigenvalue weighted by atomic mass is 10.7. The average molecular weight is 133 g/mol. The van der Waals surface area contributed by atoms with Crippen molar-refractivity contribution in [3.8, 4) is 0 Å². The number of ether oxygens (including phenoxy) is 1. The minimum atomic E-state index is -0.562. The first-order chi connectivity index (χ1) is 3.81. The lowest BCUT2D eigenvalue weighted by Gasteiger charge is -1.95. The molecule has 0 rings (SSSR count). The Labute approximate surface area is 53.3 Å². The van der Waals surface area contributed by atoms with Gasteiger partial charge >= 0.3 is 6.09 Å². The summed E-state index contributed by atoms with van der Waals surface area (Å²) >= 11 is 3.43. The topological polar surface area (TPSA) is 38.3 Å². The van der Waals surface area contributed by atoms with Gasteiger partial charge in [0.15, 0.2) is 0 Å². The van der Waals surface area contributed by atoms with Gasteiger partial charge in [-0.2, -0.15) is 0 Å². The zero-order valence-electron chi connectivity index (χ0n) is 4.26. The zero-order valence-corrected chi connectivity index (χ0v) is 5.15. The Bertz CT molecular complexity index is 94.0. The van der Waals surface area contributed by atoms with Gasteiger partial charge in [-0.25, -0.2) is 4.79 Å². The Hall–Kier alpha value is -0.640. The van der Waals surface area contributed by atoms with Crippen molar-refractivity contribution in [3.63, 3.8) is 0 Å². The second-order valence-electron chi connectivity index (χ2n) is 0.999. The van der Waals surface area contributed by atoms with Gasteiger partial charge in [-0.15, -0.1) is 0 Å². The fourth-order valence-corrected chi connectivity index (χ4v) is 0.231. The minimum Gasteiger partial charge on any atom is -0.445 e. The molecule has 8 heavy (non-hydrogen) atoms. The van der Waals surface area contributed by atoms with Crippen molar-refractivity contribution in [2.75, 3.05) is 6.61 Å². The molecule has 0 aromatic rings. The summed E-state index contributed by atoms with van der Waals surface area (Å²) in [7, 11) is 0. The number of hydrogen-bond acceptors (Lipinski definition) is 3. The molecule has 1 N–H and O–H groups in total. The lowest BCUT2D eigenvalue weighted by molar-refractivity contribution is 0.166. The number of rotatable bonds is 2. The largest absolute Gasteiger partial charge is 0.445 e. The van der Waals surface area contributed by atoms with E-state index in [1.54, 1.807) is 0 Å². The molecule has 0 saturated heterocycles. The van der Waals surface area contributed by atoms with Gasteiger partial charge < -0.3 is 4.74 Å². The third-order valence-corrected chi connectivity index (χ3v) is 0.606. The summed E-state index contributed by atoms with van der Waals surface area (Å²) in [6.07, 6.45) is 0.913. The molecule has 0 aromatic heterocycles. The fourth-order valence-electron chi connectivity index (χ4n) is 0.167. The SMILES string of the molecule is C=CCOC(=O)NS. The molecule has 0 atom stereocenters. The number of thiol groups is 1. The molecule has 0 aromatic carbocycles. The van der Waals surface area contributed by atoms with Crippen molar-refractivity contribution in [1.29, 1.82) is 0 Å². The molecule has 1 amide bonds. The van der Waals surface area contributed by atoms with Crippen LogP contribution in [0.4, 0.5) is 4.79 Å². The van der Waals surface area contributed by atoms with Crippen molar-refractivity contribution in [3.05, 3.63) is 12.7 Å². The van der Waals surface area contributed by atoms with Crippen molar-refractivity contribution in [2.24, 2.45) is 0 Å². The van der Waals surface area contributed by atoms with Gasteiger partial charge in [0.05, 0.1) is 0 Å². The predicted octanol–water partition coefficient (Wildman–Crippen LogP) is 0.743. The van der Waals surface area contributed by atoms with Crippen LogP contribution in [0.1, 0.15) is 0 Å². The Morgan fingerprint density at radius 1 is 2.00 bits per heavy atom. The predicted molar refractivity (Wildman–Crippen MR) is 33.7 cm³/mol. The highest BCUT2D eigenvalue weighted by Crippen LogP contribution is 1.76. The molecule has 0 fully saturated rings. The molecule has 0 aliphatic carbocycles. The van der Waals surface area contributed by atoms with Crippen molar-refractivity contribution >= 4 is 18.9 Å². The molecule has 0 aliphatic rings. The van der Waals surface area contributed by atoms with Crippen LogP contribution in [-0.2, 0) is 4.74 Å². The van der Waals surface area contributed by atoms with Gasteiger partial charge in [0.25, 0.3) is 0 Å². The Morgan fingerprint density at radius 2 is 2.62 bits per heavy atom. The van der Waals surface area contributed by atoms with E-state index >= 15 is 0 Å². The highest BCUT2D eigenvalue weighted by Gasteiger charge is 1.91. The Balaban J connectivity index is 3.11. The van der Waals surface area contributed by atoms with Crippen LogP contribution in [0.5, 0.6) is 0 Å². The first-order valence-electron chi connectivity index (χ1n) is 1.99. The van der Waals surface area contributed by atoms with Gasteiger partial charge in [0.2, 0.25) is 0 Å². The highest BCUT2D eigenvalue weighted by atomic mass is 32.1. The van der Waals surface area contributed by atoms with Gasteiger partial charge in [-0.1, -0.05) is 25.5 Å². The third-order valence-electron chi connectivity index (χ3n) is 0.424. The van der Waals surface area contributed by atoms with E-state index in [9.17, 15) is 4.79 Å². The van der Waals surface area contributed by atoms with E-state index in [2.05, 4.69) is 24.1 Å². The number of hydrogen-bond donors (Lipinski definition) is 2. The maximum atomic E-state index is 10.1. The van der Waals surface area contributed by atoms with Crippen LogP contribution < -0.4 is 4.72 Å². The van der Waals surface area contributed by atoms with E-state index in [-0.39, 0.29) is 6.61 Å². The van der Waals surface area contributed by atoms with Crippen LogP contribution in [-0.4, -0.2) is 12.7 Å². The molecule has 0 saturated carbocycles. The van der Waals surface area contributed by atoms with E-state index in [0.29, 0.717) is 0 Å². The van der Waals surface area contributed by atoms with Gasteiger partial charge in [0.1, 0.15) is 6.61 Å². The van der Waals surface area contributed by atoms with Crippen LogP contribution >= 0.6 is 12.8 Å². The smallest absolute Gasteiger partial charge is 0.417 e. The van der Waals surface area contributed by atoms with Crippen LogP contribution in [0.15, 0.2) is 12.7 Å². The van der Waals surface area contributed by atoms with E-state index < -0.39 is 6.09 Å². The summed E-state index contributed by atoms with van der Waals surface area (Å²) in [5.41, 5.74) is 0. The summed E-state index contributed by atoms with van der Waals surface area (Å²) in [6.45, 7) is 3.55. The summed E-state index contributed by atoms with van der Waals surface area (Å²) < 4.78 is 6.38. The van der Waals surface area contributed by atoms with E-state index in [1.165, 1.54) is 6.08 Å². The standard InChI is InChI=1S/C4H7NO2S/c1-2-3-7-4(6)5-8/h2,8H,1,3H2,(H,5,6). The maximum absolute atomic E-state index is 10.1. The summed E-state index contributed by atoms with van der Waals surface area (Å²) in [6, 6.07) is 0. The first-order valence-corrected chi connectivity index (χ1v) is 2.43. The maximum Gasteiger partial charge on any atom is 0.417 e. The van der Waals surface area contributed by atoms with Crippen LogP contribution in [0.3, 0.4) is 0 Å². The second-order valence-corrected chi connectivity index (χ2v) is 1.22. The van der Waals surface area contributed by atoms with Crippen molar-refractivity contribution < 1.29 is 9.53 Å². The first kappa shape index (κ1) is 7.36. The molecular weight excluding hydrogens is 126 g/mol. The van der Waals surface area contributed by atoms with Crippen LogP contribution in [0.25, 0.3) is 0 Å². The molecule has 0 unspecified atom stereocenters. The van der Waals surface area contributed by atoms with E-state index in [1.807, 2.05) is 4.72 Å². The number of carbonyl (C=O) groups excluding carboxylic acids is 1. The zero-order chi connectivity index (χ0) is 6.41. The molecule has 0 aliphatic heterocycles. The monoisotopic (exact) mass is 133 g/mol. The van der Waals surface area contributed by atoms with E-state index in [4.69, 9.17) is 0 Å². The minimum absolute atomic E-state index is 0.215. The summed E-state index contributed by atoms with van der Waals surface area (Å²) in [5.74, 6) is 0. The lowest BCUT2D eigenvalue weighted by Crippen LogP contribution is -2.13. The van der Waals surface area contributed by atoms with Crippen molar-refractivity contribution in [2.45, 2.75) is 0 Å². The third kappa shape index (κ3) is 3.55. The normalized spacial score (nSPS) is 7.62. The van der Waals surface area contributed by atoms with Crippen LogP contribution in [0, 0.1) is 0 Å². The number of carbonyl (C=O) groups is 1. The summed E-state index contributed by atoms with van der Waals surface area (Å²) in [4.78, 5) is 10.1. The van der Waals surface area contributed by atoms with Gasteiger partial charge in [-0.3, -0.25) is 4.72 Å². The highest BCUT2D eigenvalue weighted by molar-refractivity contribution is 7.78. The molecule has 0 radical (unpaired) electrons. The molecule has 0 spiro atoms. The van der Waals surface area contributed by atoms with Gasteiger partial charge in [-0.05, 0) is 0 Å². The Morgan fingerprint density at radius 3 is 3.00 bits per heavy atom. The summed E-state index contributed by atoms with van der Waals surface area (Å²) in [5, 5.41) is 0. The van der Waals surface area contributed by atoms with E-state index in [0.717, 1.165) is 0 Å².